The van der Waals surface area contributed by atoms with Crippen LogP contribution in [0.3, 0.4) is 0 Å². The Bertz CT molecular complexity index is 1130. The number of aryl methyl sites for hydroxylation is 2. The van der Waals surface area contributed by atoms with Gasteiger partial charge in [-0.05, 0) is 42.8 Å². The van der Waals surface area contributed by atoms with Gasteiger partial charge in [0.15, 0.2) is 0 Å². The highest BCUT2D eigenvalue weighted by atomic mass is 19.1. The molecule has 2 heterocycles. The van der Waals surface area contributed by atoms with E-state index >= 15 is 0 Å². The SMILES string of the molecule is Cc1cc(-c2cccc(NC(=O)C3=CNC(=O)C[C@H]3c3ccc(F)cc3)c2)nn1C. The van der Waals surface area contributed by atoms with Crippen molar-refractivity contribution in [2.45, 2.75) is 19.3 Å². The monoisotopic (exact) mass is 404 g/mol. The summed E-state index contributed by atoms with van der Waals surface area (Å²) >= 11 is 0. The van der Waals surface area contributed by atoms with Crippen molar-refractivity contribution >= 4 is 17.5 Å². The first kappa shape index (κ1) is 19.6. The lowest BCUT2D eigenvalue weighted by Gasteiger charge is -2.24. The summed E-state index contributed by atoms with van der Waals surface area (Å²) in [5.74, 6) is -1.32. The van der Waals surface area contributed by atoms with E-state index in [9.17, 15) is 14.0 Å². The summed E-state index contributed by atoms with van der Waals surface area (Å²) in [7, 11) is 1.88. The summed E-state index contributed by atoms with van der Waals surface area (Å²) in [5.41, 5.74) is 4.49. The van der Waals surface area contributed by atoms with E-state index in [4.69, 9.17) is 0 Å². The molecule has 152 valence electrons. The van der Waals surface area contributed by atoms with Crippen LogP contribution in [0.2, 0.25) is 0 Å². The Morgan fingerprint density at radius 2 is 1.97 bits per heavy atom. The van der Waals surface area contributed by atoms with Gasteiger partial charge in [0.1, 0.15) is 5.82 Å². The molecule has 3 aromatic rings. The van der Waals surface area contributed by atoms with E-state index < -0.39 is 5.92 Å². The average molecular weight is 404 g/mol. The van der Waals surface area contributed by atoms with E-state index in [-0.39, 0.29) is 24.1 Å². The molecule has 0 unspecified atom stereocenters. The Hall–Kier alpha value is -3.74. The van der Waals surface area contributed by atoms with E-state index in [0.717, 1.165) is 17.0 Å². The number of halogens is 1. The van der Waals surface area contributed by atoms with Gasteiger partial charge in [-0.15, -0.1) is 0 Å². The molecule has 1 aliphatic rings. The second-order valence-corrected chi connectivity index (χ2v) is 7.30. The van der Waals surface area contributed by atoms with Crippen LogP contribution in [0.25, 0.3) is 11.3 Å². The third-order valence-corrected chi connectivity index (χ3v) is 5.22. The second kappa shape index (κ2) is 7.94. The van der Waals surface area contributed by atoms with Crippen molar-refractivity contribution in [3.63, 3.8) is 0 Å². The van der Waals surface area contributed by atoms with Gasteiger partial charge in [-0.25, -0.2) is 4.39 Å². The van der Waals surface area contributed by atoms with Crippen LogP contribution in [-0.4, -0.2) is 21.6 Å². The third-order valence-electron chi connectivity index (χ3n) is 5.22. The van der Waals surface area contributed by atoms with Crippen LogP contribution in [0, 0.1) is 12.7 Å². The minimum atomic E-state index is -0.444. The fraction of sp³-hybridized carbons (Fsp3) is 0.174. The number of nitrogens with one attached hydrogen (secondary N) is 2. The van der Waals surface area contributed by atoms with Crippen molar-refractivity contribution < 1.29 is 14.0 Å². The van der Waals surface area contributed by atoms with Crippen molar-refractivity contribution in [1.29, 1.82) is 0 Å². The Morgan fingerprint density at radius 1 is 1.20 bits per heavy atom. The van der Waals surface area contributed by atoms with E-state index in [0.29, 0.717) is 16.8 Å². The van der Waals surface area contributed by atoms with Gasteiger partial charge in [-0.1, -0.05) is 24.3 Å². The summed E-state index contributed by atoms with van der Waals surface area (Å²) in [6.07, 6.45) is 1.55. The van der Waals surface area contributed by atoms with E-state index in [1.54, 1.807) is 22.9 Å². The van der Waals surface area contributed by atoms with Gasteiger partial charge in [-0.3, -0.25) is 14.3 Å². The van der Waals surface area contributed by atoms with E-state index in [1.165, 1.54) is 18.3 Å². The number of hydrogen-bond acceptors (Lipinski definition) is 3. The molecule has 0 spiro atoms. The predicted molar refractivity (Wildman–Crippen MR) is 112 cm³/mol. The Balaban J connectivity index is 1.58. The van der Waals surface area contributed by atoms with Gasteiger partial charge >= 0.3 is 0 Å². The summed E-state index contributed by atoms with van der Waals surface area (Å²) in [6, 6.07) is 15.3. The highest BCUT2D eigenvalue weighted by Gasteiger charge is 2.29. The van der Waals surface area contributed by atoms with Crippen LogP contribution in [0.4, 0.5) is 10.1 Å². The lowest BCUT2D eigenvalue weighted by Crippen LogP contribution is -2.31. The molecule has 2 amide bonds. The first-order valence-corrected chi connectivity index (χ1v) is 9.58. The minimum Gasteiger partial charge on any atom is -0.332 e. The molecular weight excluding hydrogens is 383 g/mol. The van der Waals surface area contributed by atoms with Crippen LogP contribution >= 0.6 is 0 Å². The highest BCUT2D eigenvalue weighted by Crippen LogP contribution is 2.31. The molecule has 6 nitrogen and oxygen atoms in total. The first-order chi connectivity index (χ1) is 14.4. The number of rotatable bonds is 4. The molecular formula is C23H21FN4O2. The Kier molecular flexibility index (Phi) is 5.18. The smallest absolute Gasteiger partial charge is 0.253 e. The van der Waals surface area contributed by atoms with Crippen LogP contribution < -0.4 is 10.6 Å². The minimum absolute atomic E-state index is 0.123. The van der Waals surface area contributed by atoms with Gasteiger partial charge in [0, 0.05) is 48.1 Å². The molecule has 0 saturated heterocycles. The third kappa shape index (κ3) is 4.00. The standard InChI is InChI=1S/C23H21FN4O2/c1-14-10-21(27-28(14)2)16-4-3-5-18(11-16)26-23(30)20-13-25-22(29)12-19(20)15-6-8-17(24)9-7-15/h3-11,13,19H,12H2,1-2H3,(H,25,29)(H,26,30)/t19-/m0/s1. The lowest BCUT2D eigenvalue weighted by molar-refractivity contribution is -0.121. The molecule has 2 N–H and O–H groups in total. The molecule has 2 aromatic carbocycles. The lowest BCUT2D eigenvalue weighted by atomic mass is 9.86. The molecule has 0 bridgehead atoms. The van der Waals surface area contributed by atoms with Crippen molar-refractivity contribution in [3.8, 4) is 11.3 Å². The zero-order valence-corrected chi connectivity index (χ0v) is 16.6. The molecule has 0 fully saturated rings. The largest absolute Gasteiger partial charge is 0.332 e. The van der Waals surface area contributed by atoms with Crippen LogP contribution in [0.5, 0.6) is 0 Å². The summed E-state index contributed by atoms with van der Waals surface area (Å²) in [4.78, 5) is 24.9. The van der Waals surface area contributed by atoms with Crippen molar-refractivity contribution in [3.05, 3.63) is 83.4 Å². The van der Waals surface area contributed by atoms with E-state index in [2.05, 4.69) is 15.7 Å². The maximum atomic E-state index is 13.3. The number of hydrogen-bond donors (Lipinski definition) is 2. The number of amides is 2. The van der Waals surface area contributed by atoms with Crippen molar-refractivity contribution in [1.82, 2.24) is 15.1 Å². The maximum Gasteiger partial charge on any atom is 0.253 e. The van der Waals surface area contributed by atoms with Crippen LogP contribution in [0.15, 0.2) is 66.4 Å². The Labute approximate surface area is 173 Å². The zero-order chi connectivity index (χ0) is 21.3. The topological polar surface area (TPSA) is 76.0 Å². The average Bonchev–Trinajstić information content (AvgIpc) is 3.07. The molecule has 0 saturated carbocycles. The fourth-order valence-corrected chi connectivity index (χ4v) is 3.49. The van der Waals surface area contributed by atoms with Crippen LogP contribution in [-0.2, 0) is 16.6 Å². The van der Waals surface area contributed by atoms with Gasteiger partial charge in [0.05, 0.1) is 5.69 Å². The van der Waals surface area contributed by atoms with Crippen molar-refractivity contribution in [2.24, 2.45) is 7.05 Å². The number of carbonyl (C=O) groups excluding carboxylic acids is 2. The second-order valence-electron chi connectivity index (χ2n) is 7.30. The quantitative estimate of drug-likeness (QED) is 0.697. The fourth-order valence-electron chi connectivity index (χ4n) is 3.49. The van der Waals surface area contributed by atoms with Crippen LogP contribution in [0.1, 0.15) is 23.6 Å². The van der Waals surface area contributed by atoms with Gasteiger partial charge < -0.3 is 10.6 Å². The summed E-state index contributed by atoms with van der Waals surface area (Å²) < 4.78 is 15.1. The molecule has 1 aliphatic heterocycles. The van der Waals surface area contributed by atoms with E-state index in [1.807, 2.05) is 38.2 Å². The molecule has 0 radical (unpaired) electrons. The summed E-state index contributed by atoms with van der Waals surface area (Å²) in [6.45, 7) is 1.97. The number of benzene rings is 2. The molecule has 1 aromatic heterocycles. The number of anilines is 1. The zero-order valence-electron chi connectivity index (χ0n) is 16.6. The molecule has 4 rings (SSSR count). The highest BCUT2D eigenvalue weighted by molar-refractivity contribution is 6.06. The van der Waals surface area contributed by atoms with Gasteiger partial charge in [-0.2, -0.15) is 5.10 Å². The maximum absolute atomic E-state index is 13.3. The summed E-state index contributed by atoms with van der Waals surface area (Å²) in [5, 5.41) is 9.98. The van der Waals surface area contributed by atoms with Gasteiger partial charge in [0.25, 0.3) is 5.91 Å². The molecule has 7 heteroatoms. The number of nitrogens with zero attached hydrogens (tertiary/aromatic N) is 2. The molecule has 30 heavy (non-hydrogen) atoms. The van der Waals surface area contributed by atoms with Gasteiger partial charge in [0.2, 0.25) is 5.91 Å². The molecule has 1 atom stereocenters. The normalized spacial score (nSPS) is 16.0. The first-order valence-electron chi connectivity index (χ1n) is 9.58. The predicted octanol–water partition coefficient (Wildman–Crippen LogP) is 3.66. The Morgan fingerprint density at radius 3 is 2.67 bits per heavy atom. The molecule has 0 aliphatic carbocycles. The number of carbonyl (C=O) groups is 2. The number of aromatic nitrogens is 2. The van der Waals surface area contributed by atoms with Crippen molar-refractivity contribution in [2.75, 3.05) is 5.32 Å².